The third kappa shape index (κ3) is 5.51. The van der Waals surface area contributed by atoms with Crippen LogP contribution in [-0.2, 0) is 0 Å². The maximum atomic E-state index is 6.82. The monoisotopic (exact) mass is 813 g/mol. The number of rotatable bonds is 4. The highest BCUT2D eigenvalue weighted by atomic mass is 32.1. The number of aromatic nitrogens is 1. The Bertz CT molecular complexity index is 3860. The van der Waals surface area contributed by atoms with Gasteiger partial charge in [0.2, 0.25) is 0 Å². The van der Waals surface area contributed by atoms with E-state index in [0.717, 1.165) is 68.7 Å². The highest BCUT2D eigenvalue weighted by molar-refractivity contribution is 7.26. The van der Waals surface area contributed by atoms with Gasteiger partial charge >= 0.3 is 0 Å². The van der Waals surface area contributed by atoms with Crippen molar-refractivity contribution in [1.82, 2.24) is 4.57 Å². The van der Waals surface area contributed by atoms with Gasteiger partial charge in [0, 0.05) is 47.5 Å². The summed E-state index contributed by atoms with van der Waals surface area (Å²) in [6.07, 6.45) is 1.76. The predicted octanol–water partition coefficient (Wildman–Crippen LogP) is 15.8. The van der Waals surface area contributed by atoms with Gasteiger partial charge in [0.15, 0.2) is 5.84 Å². The van der Waals surface area contributed by atoms with Crippen molar-refractivity contribution >= 4 is 108 Å². The number of benzene rings is 9. The lowest BCUT2D eigenvalue weighted by atomic mass is 9.87. The van der Waals surface area contributed by atoms with Gasteiger partial charge in [-0.2, -0.15) is 0 Å². The van der Waals surface area contributed by atoms with Gasteiger partial charge < -0.3 is 8.98 Å². The van der Waals surface area contributed by atoms with E-state index in [9.17, 15) is 0 Å². The van der Waals surface area contributed by atoms with Crippen LogP contribution in [-0.4, -0.2) is 16.1 Å². The molecule has 0 bridgehead atoms. The summed E-state index contributed by atoms with van der Waals surface area (Å²) in [5.74, 6) is 0.948. The Labute approximate surface area is 361 Å². The van der Waals surface area contributed by atoms with Crippen LogP contribution in [0.4, 0.5) is 0 Å². The maximum absolute atomic E-state index is 6.82. The van der Waals surface area contributed by atoms with Crippen LogP contribution in [0.2, 0.25) is 0 Å². The second kappa shape index (κ2) is 13.8. The molecule has 0 saturated heterocycles. The van der Waals surface area contributed by atoms with Gasteiger partial charge in [-0.25, -0.2) is 4.99 Å². The molecule has 13 rings (SSSR count). The molecule has 0 radical (unpaired) electrons. The Hall–Kier alpha value is -7.34. The average molecular weight is 814 g/mol. The van der Waals surface area contributed by atoms with E-state index in [0.29, 0.717) is 0 Å². The zero-order valence-corrected chi connectivity index (χ0v) is 34.9. The fourth-order valence-corrected chi connectivity index (χ4v) is 11.4. The second-order valence-corrected chi connectivity index (χ2v) is 17.9. The number of hydrogen-bond acceptors (Lipinski definition) is 4. The Morgan fingerprint density at radius 2 is 1.27 bits per heavy atom. The fourth-order valence-electron chi connectivity index (χ4n) is 10.1. The van der Waals surface area contributed by atoms with Gasteiger partial charge in [-0.15, -0.1) is 11.3 Å². The van der Waals surface area contributed by atoms with Crippen LogP contribution in [0.25, 0.3) is 91.1 Å². The van der Waals surface area contributed by atoms with E-state index in [-0.39, 0.29) is 12.0 Å². The van der Waals surface area contributed by atoms with E-state index >= 15 is 0 Å². The molecule has 9 aromatic carbocycles. The molecule has 0 amide bonds. The van der Waals surface area contributed by atoms with Crippen LogP contribution in [0.15, 0.2) is 196 Å². The Balaban J connectivity index is 1.07. The predicted molar refractivity (Wildman–Crippen MR) is 263 cm³/mol. The largest absolute Gasteiger partial charge is 0.456 e. The minimum Gasteiger partial charge on any atom is -0.456 e. The molecule has 62 heavy (non-hydrogen) atoms. The quantitative estimate of drug-likeness (QED) is 0.174. The summed E-state index contributed by atoms with van der Waals surface area (Å²) in [5.41, 5.74) is 9.60. The SMILES string of the molecule is CC1CC/C(c2cccc3c2sc2ccccc23)=N\C(c2ccc3ccccc3c2)=N/C1c1cc(-n2c3ccccc3c3cc4ccccc4cc32)c2c(c1)oc1ccccc12. The lowest BCUT2D eigenvalue weighted by Gasteiger charge is -2.26. The van der Waals surface area contributed by atoms with Gasteiger partial charge in [-0.1, -0.05) is 140 Å². The second-order valence-electron chi connectivity index (χ2n) is 16.9. The number of thiophene rings is 1. The third-order valence-corrected chi connectivity index (χ3v) is 14.4. The van der Waals surface area contributed by atoms with E-state index in [1.54, 1.807) is 0 Å². The van der Waals surface area contributed by atoms with Crippen LogP contribution in [0.3, 0.4) is 0 Å². The smallest absolute Gasteiger partial charge is 0.155 e. The van der Waals surface area contributed by atoms with Crippen molar-refractivity contribution < 1.29 is 4.42 Å². The van der Waals surface area contributed by atoms with Gasteiger partial charge in [-0.3, -0.25) is 4.99 Å². The van der Waals surface area contributed by atoms with Crippen LogP contribution >= 0.6 is 11.3 Å². The molecule has 294 valence electrons. The first-order valence-electron chi connectivity index (χ1n) is 21.6. The molecule has 12 aromatic rings. The van der Waals surface area contributed by atoms with Crippen LogP contribution in [0, 0.1) is 5.92 Å². The molecule has 0 spiro atoms. The molecule has 1 aliphatic heterocycles. The summed E-state index contributed by atoms with van der Waals surface area (Å²) in [7, 11) is 0. The highest BCUT2D eigenvalue weighted by Gasteiger charge is 2.28. The van der Waals surface area contributed by atoms with Crippen molar-refractivity contribution in [3.63, 3.8) is 0 Å². The minimum atomic E-state index is -0.188. The van der Waals surface area contributed by atoms with Gasteiger partial charge in [-0.05, 0) is 94.4 Å². The number of para-hydroxylation sites is 2. The number of fused-ring (bicyclic) bond motifs is 11. The lowest BCUT2D eigenvalue weighted by molar-refractivity contribution is 0.446. The summed E-state index contributed by atoms with van der Waals surface area (Å²) >= 11 is 1.86. The standard InChI is InChI=1S/C57H39N3OS/c1-34-25-28-47(44-21-12-20-43-42-18-8-11-24-53(42)62-56(43)44)58-57(39-27-26-35-13-2-3-14-36(35)29-39)59-55(34)40-32-50(54-45-19-7-10-23-51(45)61-52(54)33-40)60-48-22-9-6-17-41(48)46-30-37-15-4-5-16-38(37)31-49(46)60/h2-24,26-27,29-34,55H,25,28H2,1H3/b58-47+,59-57-. The molecular formula is C57H39N3OS. The molecule has 4 heterocycles. The van der Waals surface area contributed by atoms with Crippen molar-refractivity contribution in [3.8, 4) is 5.69 Å². The molecule has 2 unspecified atom stereocenters. The molecule has 1 aliphatic rings. The van der Waals surface area contributed by atoms with Gasteiger partial charge in [0.05, 0.1) is 33.9 Å². The van der Waals surface area contributed by atoms with Crippen LogP contribution in [0.5, 0.6) is 0 Å². The molecule has 2 atom stereocenters. The molecule has 0 saturated carbocycles. The normalized spacial score (nSPS) is 17.9. The first-order valence-corrected chi connectivity index (χ1v) is 22.4. The van der Waals surface area contributed by atoms with Crippen molar-refractivity contribution in [3.05, 3.63) is 199 Å². The van der Waals surface area contributed by atoms with Crippen LogP contribution in [0.1, 0.15) is 42.5 Å². The van der Waals surface area contributed by atoms with E-state index in [1.807, 2.05) is 11.3 Å². The Morgan fingerprint density at radius 1 is 0.565 bits per heavy atom. The number of aliphatic imine (C=N–C) groups is 2. The van der Waals surface area contributed by atoms with E-state index < -0.39 is 0 Å². The minimum absolute atomic E-state index is 0.188. The fraction of sp³-hybridized carbons (Fsp3) is 0.0877. The molecule has 3 aromatic heterocycles. The summed E-state index contributed by atoms with van der Waals surface area (Å²) in [6, 6.07) is 65.8. The van der Waals surface area contributed by atoms with Crippen LogP contribution < -0.4 is 0 Å². The number of nitrogens with zero attached hydrogens (tertiary/aromatic N) is 3. The summed E-state index contributed by atoms with van der Waals surface area (Å²) in [6.45, 7) is 2.37. The van der Waals surface area contributed by atoms with E-state index in [1.165, 1.54) is 63.6 Å². The van der Waals surface area contributed by atoms with Crippen molar-refractivity contribution in [2.24, 2.45) is 15.9 Å². The Morgan fingerprint density at radius 3 is 2.15 bits per heavy atom. The van der Waals surface area contributed by atoms with Crippen molar-refractivity contribution in [2.45, 2.75) is 25.8 Å². The first-order chi connectivity index (χ1) is 30.6. The van der Waals surface area contributed by atoms with E-state index in [2.05, 4.69) is 193 Å². The number of hydrogen-bond donors (Lipinski definition) is 0. The third-order valence-electron chi connectivity index (χ3n) is 13.2. The van der Waals surface area contributed by atoms with Crippen molar-refractivity contribution in [2.75, 3.05) is 0 Å². The van der Waals surface area contributed by atoms with Crippen molar-refractivity contribution in [1.29, 1.82) is 0 Å². The summed E-state index contributed by atoms with van der Waals surface area (Å²) in [5, 5.41) is 12.1. The molecule has 5 heteroatoms. The summed E-state index contributed by atoms with van der Waals surface area (Å²) in [4.78, 5) is 11.4. The van der Waals surface area contributed by atoms with E-state index in [4.69, 9.17) is 14.4 Å². The Kier molecular flexibility index (Phi) is 7.91. The zero-order valence-electron chi connectivity index (χ0n) is 34.0. The lowest BCUT2D eigenvalue weighted by Crippen LogP contribution is -2.18. The molecule has 0 fully saturated rings. The zero-order chi connectivity index (χ0) is 40.9. The molecular weight excluding hydrogens is 775 g/mol. The first kappa shape index (κ1) is 35.4. The summed E-state index contributed by atoms with van der Waals surface area (Å²) < 4.78 is 11.9. The molecule has 0 aliphatic carbocycles. The maximum Gasteiger partial charge on any atom is 0.155 e. The number of amidine groups is 1. The number of furan rings is 1. The van der Waals surface area contributed by atoms with Gasteiger partial charge in [0.1, 0.15) is 11.2 Å². The molecule has 0 N–H and O–H groups in total. The molecule has 4 nitrogen and oxygen atoms in total. The van der Waals surface area contributed by atoms with Gasteiger partial charge in [0.25, 0.3) is 0 Å². The average Bonchev–Trinajstić information content (AvgIpc) is 3.99. The topological polar surface area (TPSA) is 42.8 Å². The highest BCUT2D eigenvalue weighted by Crippen LogP contribution is 2.44.